The number of hydrogen-bond acceptors (Lipinski definition) is 4. The second-order valence-electron chi connectivity index (χ2n) is 9.11. The van der Waals surface area contributed by atoms with Crippen molar-refractivity contribution >= 4 is 28.6 Å². The number of amides is 1. The van der Waals surface area contributed by atoms with Gasteiger partial charge in [0.2, 0.25) is 0 Å². The van der Waals surface area contributed by atoms with Gasteiger partial charge in [-0.15, -0.1) is 0 Å². The van der Waals surface area contributed by atoms with Gasteiger partial charge in [-0.3, -0.25) is 4.79 Å². The van der Waals surface area contributed by atoms with Crippen molar-refractivity contribution in [1.82, 2.24) is 4.98 Å². The van der Waals surface area contributed by atoms with E-state index in [0.717, 1.165) is 34.9 Å². The first-order valence-electron chi connectivity index (χ1n) is 12.7. The molecule has 1 N–H and O–H groups in total. The monoisotopic (exact) mass is 500 g/mol. The van der Waals surface area contributed by atoms with Crippen LogP contribution in [0.3, 0.4) is 0 Å². The largest absolute Gasteiger partial charge is 0.457 e. The highest BCUT2D eigenvalue weighted by molar-refractivity contribution is 6.08. The van der Waals surface area contributed by atoms with Gasteiger partial charge < -0.3 is 10.1 Å². The molecule has 5 heteroatoms. The van der Waals surface area contributed by atoms with E-state index in [-0.39, 0.29) is 12.5 Å². The van der Waals surface area contributed by atoms with Crippen LogP contribution in [0.5, 0.6) is 0 Å². The minimum atomic E-state index is -0.396. The molecule has 5 aromatic rings. The Morgan fingerprint density at radius 2 is 1.55 bits per heavy atom. The maximum Gasteiger partial charge on any atom is 0.338 e. The fraction of sp³-hybridized carbons (Fsp3) is 0.121. The Hall–Kier alpha value is -4.77. The Balaban J connectivity index is 1.30. The van der Waals surface area contributed by atoms with E-state index in [1.807, 2.05) is 60.7 Å². The lowest BCUT2D eigenvalue weighted by Gasteiger charge is -2.11. The van der Waals surface area contributed by atoms with Crippen LogP contribution < -0.4 is 5.32 Å². The average molecular weight is 501 g/mol. The highest BCUT2D eigenvalue weighted by atomic mass is 16.5. The molecule has 0 aliphatic carbocycles. The van der Waals surface area contributed by atoms with Gasteiger partial charge in [-0.05, 0) is 65.1 Å². The van der Waals surface area contributed by atoms with E-state index in [1.54, 1.807) is 24.3 Å². The molecule has 0 unspecified atom stereocenters. The molecule has 0 saturated heterocycles. The van der Waals surface area contributed by atoms with Crippen molar-refractivity contribution in [3.8, 4) is 11.1 Å². The number of fused-ring (bicyclic) bond motifs is 1. The normalized spacial score (nSPS) is 10.8. The van der Waals surface area contributed by atoms with Gasteiger partial charge in [-0.2, -0.15) is 0 Å². The van der Waals surface area contributed by atoms with E-state index in [4.69, 9.17) is 4.74 Å². The molecule has 5 nitrogen and oxygen atoms in total. The zero-order valence-corrected chi connectivity index (χ0v) is 21.2. The third-order valence-corrected chi connectivity index (χ3v) is 6.35. The van der Waals surface area contributed by atoms with Gasteiger partial charge >= 0.3 is 5.97 Å². The molecule has 0 spiro atoms. The van der Waals surface area contributed by atoms with Crippen LogP contribution in [0.15, 0.2) is 109 Å². The highest BCUT2D eigenvalue weighted by Crippen LogP contribution is 2.26. The number of rotatable bonds is 8. The van der Waals surface area contributed by atoms with Gasteiger partial charge in [0.25, 0.3) is 5.91 Å². The molecule has 0 fully saturated rings. The van der Waals surface area contributed by atoms with Crippen LogP contribution >= 0.6 is 0 Å². The average Bonchev–Trinajstić information content (AvgIpc) is 2.97. The fourth-order valence-corrected chi connectivity index (χ4v) is 4.38. The highest BCUT2D eigenvalue weighted by Gasteiger charge is 2.14. The van der Waals surface area contributed by atoms with E-state index in [2.05, 4.69) is 41.5 Å². The summed E-state index contributed by atoms with van der Waals surface area (Å²) in [7, 11) is 0. The van der Waals surface area contributed by atoms with Gasteiger partial charge in [0.1, 0.15) is 12.4 Å². The Morgan fingerprint density at radius 1 is 0.789 bits per heavy atom. The number of hydrogen-bond donors (Lipinski definition) is 1. The van der Waals surface area contributed by atoms with E-state index in [1.165, 1.54) is 5.56 Å². The summed E-state index contributed by atoms with van der Waals surface area (Å²) in [5.74, 6) is -0.186. The predicted molar refractivity (Wildman–Crippen MR) is 151 cm³/mol. The van der Waals surface area contributed by atoms with E-state index >= 15 is 0 Å². The number of benzene rings is 4. The van der Waals surface area contributed by atoms with Crippen LogP contribution in [0, 0.1) is 0 Å². The summed E-state index contributed by atoms with van der Waals surface area (Å²) in [6, 6.07) is 34.2. The van der Waals surface area contributed by atoms with E-state index in [9.17, 15) is 9.59 Å². The van der Waals surface area contributed by atoms with Crippen LogP contribution in [0.25, 0.3) is 22.0 Å². The zero-order valence-electron chi connectivity index (χ0n) is 21.2. The van der Waals surface area contributed by atoms with Crippen LogP contribution in [-0.4, -0.2) is 16.9 Å². The maximum atomic E-state index is 13.2. The molecule has 188 valence electrons. The Kier molecular flexibility index (Phi) is 7.55. The van der Waals surface area contributed by atoms with Gasteiger partial charge in [0, 0.05) is 10.9 Å². The molecule has 0 saturated carbocycles. The molecule has 0 bridgehead atoms. The number of carbonyl (C=O) groups excluding carboxylic acids is 2. The Labute approximate surface area is 222 Å². The lowest BCUT2D eigenvalue weighted by Crippen LogP contribution is -2.14. The number of esters is 1. The first-order valence-corrected chi connectivity index (χ1v) is 12.7. The number of ether oxygens (including phenoxy) is 1. The predicted octanol–water partition coefficient (Wildman–Crippen LogP) is 7.46. The molecule has 38 heavy (non-hydrogen) atoms. The quantitative estimate of drug-likeness (QED) is 0.225. The summed E-state index contributed by atoms with van der Waals surface area (Å²) < 4.78 is 5.44. The van der Waals surface area contributed by atoms with Gasteiger partial charge in [0.15, 0.2) is 0 Å². The van der Waals surface area contributed by atoms with Crippen LogP contribution in [0.4, 0.5) is 5.82 Å². The molecule has 0 aliphatic rings. The number of nitrogens with zero attached hydrogens (tertiary/aromatic N) is 1. The third-order valence-electron chi connectivity index (χ3n) is 6.35. The zero-order chi connectivity index (χ0) is 26.3. The molecule has 4 aromatic carbocycles. The minimum Gasteiger partial charge on any atom is -0.457 e. The molecule has 1 aromatic heterocycles. The Morgan fingerprint density at radius 3 is 2.34 bits per heavy atom. The molecule has 0 aliphatic heterocycles. The van der Waals surface area contributed by atoms with Crippen molar-refractivity contribution in [3.63, 3.8) is 0 Å². The lowest BCUT2D eigenvalue weighted by atomic mass is 9.97. The van der Waals surface area contributed by atoms with Gasteiger partial charge in [-0.25, -0.2) is 9.78 Å². The van der Waals surface area contributed by atoms with Crippen molar-refractivity contribution in [2.24, 2.45) is 0 Å². The van der Waals surface area contributed by atoms with Crippen molar-refractivity contribution < 1.29 is 14.3 Å². The molecule has 0 atom stereocenters. The second-order valence-corrected chi connectivity index (χ2v) is 9.11. The van der Waals surface area contributed by atoms with Crippen LogP contribution in [0.2, 0.25) is 0 Å². The molecular formula is C33H28N2O3. The first kappa shape index (κ1) is 24.9. The summed E-state index contributed by atoms with van der Waals surface area (Å²) in [4.78, 5) is 30.4. The van der Waals surface area contributed by atoms with Crippen molar-refractivity contribution in [2.75, 3.05) is 5.32 Å². The number of pyridine rings is 1. The SMILES string of the molecule is CCCc1ccc(-c2ccccc2C(=O)Nc2ccc3cc(C(=O)OCc4ccccc4)ccc3n2)cc1. The van der Waals surface area contributed by atoms with Gasteiger partial charge in [-0.1, -0.05) is 86.1 Å². The van der Waals surface area contributed by atoms with Crippen LogP contribution in [0.1, 0.15) is 45.2 Å². The number of anilines is 1. The number of aromatic nitrogens is 1. The van der Waals surface area contributed by atoms with Gasteiger partial charge in [0.05, 0.1) is 11.1 Å². The molecular weight excluding hydrogens is 472 g/mol. The standard InChI is InChI=1S/C33H28N2O3/c1-2-8-23-13-15-25(16-14-23)28-11-6-7-12-29(28)32(36)35-31-20-18-26-21-27(17-19-30(26)34-31)33(37)38-22-24-9-4-3-5-10-24/h3-7,9-21H,2,8,22H2,1H3,(H,34,35,36). The van der Waals surface area contributed by atoms with E-state index < -0.39 is 5.97 Å². The summed E-state index contributed by atoms with van der Waals surface area (Å²) >= 11 is 0. The Bertz CT molecular complexity index is 1580. The molecule has 1 amide bonds. The molecule has 0 radical (unpaired) electrons. The fourth-order valence-electron chi connectivity index (χ4n) is 4.38. The van der Waals surface area contributed by atoms with Crippen molar-refractivity contribution in [1.29, 1.82) is 0 Å². The summed E-state index contributed by atoms with van der Waals surface area (Å²) in [5, 5.41) is 3.71. The maximum absolute atomic E-state index is 13.2. The summed E-state index contributed by atoms with van der Waals surface area (Å²) in [5.41, 5.74) is 5.77. The van der Waals surface area contributed by atoms with Crippen LogP contribution in [-0.2, 0) is 17.8 Å². The second kappa shape index (κ2) is 11.5. The number of nitrogens with one attached hydrogen (secondary N) is 1. The smallest absolute Gasteiger partial charge is 0.338 e. The molecule has 5 rings (SSSR count). The minimum absolute atomic E-state index is 0.214. The number of carbonyl (C=O) groups is 2. The topological polar surface area (TPSA) is 68.3 Å². The van der Waals surface area contributed by atoms with Crippen molar-refractivity contribution in [3.05, 3.63) is 131 Å². The summed E-state index contributed by atoms with van der Waals surface area (Å²) in [6.45, 7) is 2.37. The third kappa shape index (κ3) is 5.79. The van der Waals surface area contributed by atoms with Crippen molar-refractivity contribution in [2.45, 2.75) is 26.4 Å². The lowest BCUT2D eigenvalue weighted by molar-refractivity contribution is 0.0473. The number of aryl methyl sites for hydroxylation is 1. The molecule has 1 heterocycles. The summed E-state index contributed by atoms with van der Waals surface area (Å²) in [6.07, 6.45) is 2.13. The first-order chi connectivity index (χ1) is 18.6. The van der Waals surface area contributed by atoms with E-state index in [0.29, 0.717) is 22.5 Å².